The molecule has 0 aliphatic heterocycles. The molecular weight excluding hydrogens is 490 g/mol. The van der Waals surface area contributed by atoms with Gasteiger partial charge in [-0.2, -0.15) is 4.37 Å². The molecule has 0 radical (unpaired) electrons. The zero-order chi connectivity index (χ0) is 27.5. The average Bonchev–Trinajstić information content (AvgIpc) is 3.20. The Balaban J connectivity index is 2.25. The molecule has 5 N–H and O–H groups in total. The average molecular weight is 524 g/mol. The third-order valence-electron chi connectivity index (χ3n) is 5.65. The minimum absolute atomic E-state index is 0.0199. The van der Waals surface area contributed by atoms with Crippen molar-refractivity contribution in [2.24, 2.45) is 5.73 Å². The molecule has 9 nitrogen and oxygen atoms in total. The molecule has 3 aromatic rings. The maximum absolute atomic E-state index is 14.1. The van der Waals surface area contributed by atoms with Crippen molar-refractivity contribution in [3.05, 3.63) is 69.7 Å². The Labute approximate surface area is 221 Å². The van der Waals surface area contributed by atoms with Crippen molar-refractivity contribution >= 4 is 40.6 Å². The number of amides is 3. The van der Waals surface area contributed by atoms with E-state index in [9.17, 15) is 14.4 Å². The normalized spacial score (nSPS) is 12.1. The summed E-state index contributed by atoms with van der Waals surface area (Å²) in [5, 5.41) is 3.00. The van der Waals surface area contributed by atoms with Crippen LogP contribution in [0.3, 0.4) is 0 Å². The van der Waals surface area contributed by atoms with E-state index in [1.165, 1.54) is 4.90 Å². The Hall–Kier alpha value is -3.92. The highest BCUT2D eigenvalue weighted by Gasteiger charge is 2.37. The standard InChI is InChI=1S/C27H33N5O4S/c1-7-36-19-12-9-17(10-13-19)22(25(34)30-27(4,5)6)32(18-11-8-15(2)16(3)14-18)26(35)23-20(28)21(24(29)33)31-37-23/h8-14,22H,7,28H2,1-6H3,(H2,29,33)(H,30,34)/t22-/m1/s1. The topological polar surface area (TPSA) is 141 Å². The molecule has 3 rings (SSSR count). The summed E-state index contributed by atoms with van der Waals surface area (Å²) in [5.41, 5.74) is 13.7. The van der Waals surface area contributed by atoms with Crippen LogP contribution in [-0.2, 0) is 4.79 Å². The number of anilines is 2. The van der Waals surface area contributed by atoms with Gasteiger partial charge in [0.15, 0.2) is 5.69 Å². The van der Waals surface area contributed by atoms with Gasteiger partial charge in [-0.25, -0.2) is 0 Å². The van der Waals surface area contributed by atoms with Crippen molar-refractivity contribution < 1.29 is 19.1 Å². The highest BCUT2D eigenvalue weighted by molar-refractivity contribution is 7.09. The van der Waals surface area contributed by atoms with Crippen LogP contribution in [0.4, 0.5) is 11.4 Å². The monoisotopic (exact) mass is 523 g/mol. The molecule has 3 amide bonds. The van der Waals surface area contributed by atoms with E-state index < -0.39 is 23.4 Å². The SMILES string of the molecule is CCOc1ccc([C@H](C(=O)NC(C)(C)C)N(C(=O)c2snc(C(N)=O)c2N)c2ccc(C)c(C)c2)cc1. The number of primary amides is 1. The molecule has 0 saturated carbocycles. The van der Waals surface area contributed by atoms with E-state index >= 15 is 0 Å². The number of aryl methyl sites for hydroxylation is 2. The number of nitrogens with two attached hydrogens (primary N) is 2. The van der Waals surface area contributed by atoms with Gasteiger partial charge in [-0.1, -0.05) is 18.2 Å². The third-order valence-corrected chi connectivity index (χ3v) is 6.51. The summed E-state index contributed by atoms with van der Waals surface area (Å²) in [6.45, 7) is 11.9. The van der Waals surface area contributed by atoms with E-state index in [0.717, 1.165) is 22.7 Å². The highest BCUT2D eigenvalue weighted by Crippen LogP contribution is 2.35. The van der Waals surface area contributed by atoms with E-state index in [-0.39, 0.29) is 22.2 Å². The van der Waals surface area contributed by atoms with E-state index in [4.69, 9.17) is 16.2 Å². The van der Waals surface area contributed by atoms with Gasteiger partial charge in [0, 0.05) is 11.2 Å². The Morgan fingerprint density at radius 1 is 1.08 bits per heavy atom. The summed E-state index contributed by atoms with van der Waals surface area (Å²) in [5.74, 6) is -1.16. The van der Waals surface area contributed by atoms with Crippen molar-refractivity contribution in [1.29, 1.82) is 0 Å². The number of hydrogen-bond acceptors (Lipinski definition) is 7. The van der Waals surface area contributed by atoms with E-state index in [2.05, 4.69) is 9.69 Å². The zero-order valence-electron chi connectivity index (χ0n) is 21.9. The van der Waals surface area contributed by atoms with Crippen LogP contribution in [0, 0.1) is 13.8 Å². The minimum Gasteiger partial charge on any atom is -0.494 e. The summed E-state index contributed by atoms with van der Waals surface area (Å²) in [6, 6.07) is 11.4. The number of nitrogens with zero attached hydrogens (tertiary/aromatic N) is 2. The summed E-state index contributed by atoms with van der Waals surface area (Å²) in [7, 11) is 0. The maximum Gasteiger partial charge on any atom is 0.273 e. The molecule has 1 atom stereocenters. The van der Waals surface area contributed by atoms with Gasteiger partial charge in [-0.15, -0.1) is 0 Å². The number of nitrogens with one attached hydrogen (secondary N) is 1. The molecule has 0 unspecified atom stereocenters. The van der Waals surface area contributed by atoms with Crippen molar-refractivity contribution in [2.75, 3.05) is 17.2 Å². The lowest BCUT2D eigenvalue weighted by atomic mass is 9.99. The number of benzene rings is 2. The fourth-order valence-electron chi connectivity index (χ4n) is 3.77. The first-order valence-corrected chi connectivity index (χ1v) is 12.6. The number of carbonyl (C=O) groups excluding carboxylic acids is 3. The van der Waals surface area contributed by atoms with Crippen molar-refractivity contribution in [2.45, 2.75) is 53.1 Å². The van der Waals surface area contributed by atoms with E-state index in [1.807, 2.05) is 53.7 Å². The first-order valence-electron chi connectivity index (χ1n) is 11.8. The quantitative estimate of drug-likeness (QED) is 0.405. The number of rotatable bonds is 8. The lowest BCUT2D eigenvalue weighted by molar-refractivity contribution is -0.123. The van der Waals surface area contributed by atoms with Crippen LogP contribution in [0.15, 0.2) is 42.5 Å². The van der Waals surface area contributed by atoms with Crippen LogP contribution in [-0.4, -0.2) is 34.2 Å². The fraction of sp³-hybridized carbons (Fsp3) is 0.333. The molecule has 0 saturated heterocycles. The minimum atomic E-state index is -1.07. The Kier molecular flexibility index (Phi) is 8.22. The second-order valence-electron chi connectivity index (χ2n) is 9.73. The summed E-state index contributed by atoms with van der Waals surface area (Å²) in [6.07, 6.45) is 0. The second-order valence-corrected chi connectivity index (χ2v) is 10.5. The number of aromatic nitrogens is 1. The molecule has 10 heteroatoms. The molecule has 0 aliphatic carbocycles. The van der Waals surface area contributed by atoms with Gasteiger partial charge in [0.1, 0.15) is 16.7 Å². The van der Waals surface area contributed by atoms with Gasteiger partial charge in [-0.3, -0.25) is 19.3 Å². The van der Waals surface area contributed by atoms with Crippen molar-refractivity contribution in [3.63, 3.8) is 0 Å². The summed E-state index contributed by atoms with van der Waals surface area (Å²) < 4.78 is 9.56. The molecule has 2 aromatic carbocycles. The van der Waals surface area contributed by atoms with Gasteiger partial charge in [0.05, 0.1) is 12.3 Å². The predicted octanol–water partition coefficient (Wildman–Crippen LogP) is 4.14. The first-order chi connectivity index (χ1) is 17.3. The number of carbonyl (C=O) groups is 3. The first kappa shape index (κ1) is 27.7. The van der Waals surface area contributed by atoms with Crippen molar-refractivity contribution in [3.8, 4) is 5.75 Å². The summed E-state index contributed by atoms with van der Waals surface area (Å²) >= 11 is 0.771. The Bertz CT molecular complexity index is 1310. The molecule has 0 fully saturated rings. The number of nitrogen functional groups attached to an aromatic ring is 1. The van der Waals surface area contributed by atoms with Gasteiger partial charge in [-0.05, 0) is 94.0 Å². The Morgan fingerprint density at radius 2 is 1.73 bits per heavy atom. The maximum atomic E-state index is 14.1. The molecule has 1 heterocycles. The van der Waals surface area contributed by atoms with E-state index in [1.54, 1.807) is 30.3 Å². The largest absolute Gasteiger partial charge is 0.494 e. The Morgan fingerprint density at radius 3 is 2.24 bits per heavy atom. The smallest absolute Gasteiger partial charge is 0.273 e. The summed E-state index contributed by atoms with van der Waals surface area (Å²) in [4.78, 5) is 41.1. The highest BCUT2D eigenvalue weighted by atomic mass is 32.1. The van der Waals surface area contributed by atoms with Gasteiger partial charge in [0.2, 0.25) is 5.91 Å². The van der Waals surface area contributed by atoms with Crippen molar-refractivity contribution in [1.82, 2.24) is 9.69 Å². The lowest BCUT2D eigenvalue weighted by Gasteiger charge is -2.34. The van der Waals surface area contributed by atoms with Crippen LogP contribution in [0.25, 0.3) is 0 Å². The lowest BCUT2D eigenvalue weighted by Crippen LogP contribution is -2.49. The van der Waals surface area contributed by atoms with E-state index in [0.29, 0.717) is 23.6 Å². The van der Waals surface area contributed by atoms with Gasteiger partial charge >= 0.3 is 0 Å². The van der Waals surface area contributed by atoms with Gasteiger partial charge < -0.3 is 21.5 Å². The molecule has 0 bridgehead atoms. The second kappa shape index (κ2) is 11.0. The van der Waals surface area contributed by atoms with Gasteiger partial charge in [0.25, 0.3) is 11.8 Å². The molecular formula is C27H33N5O4S. The molecule has 37 heavy (non-hydrogen) atoms. The predicted molar refractivity (Wildman–Crippen MR) is 146 cm³/mol. The molecule has 0 aliphatic rings. The molecule has 196 valence electrons. The number of hydrogen-bond donors (Lipinski definition) is 3. The zero-order valence-corrected chi connectivity index (χ0v) is 22.7. The third kappa shape index (κ3) is 6.26. The molecule has 1 aromatic heterocycles. The van der Waals surface area contributed by atoms with Crippen LogP contribution >= 0.6 is 11.5 Å². The molecule has 0 spiro atoms. The number of ether oxygens (including phenoxy) is 1. The fourth-order valence-corrected chi connectivity index (χ4v) is 4.51. The van der Waals surface area contributed by atoms with Crippen LogP contribution in [0.5, 0.6) is 5.75 Å². The van der Waals surface area contributed by atoms with Crippen LogP contribution < -0.4 is 26.4 Å². The van der Waals surface area contributed by atoms with Crippen LogP contribution in [0.1, 0.15) is 70.6 Å². The van der Waals surface area contributed by atoms with Crippen LogP contribution in [0.2, 0.25) is 0 Å².